The Bertz CT molecular complexity index is 4180. The summed E-state index contributed by atoms with van der Waals surface area (Å²) in [4.78, 5) is 4.94. The smallest absolute Gasteiger partial charge is 0.145 e. The van der Waals surface area contributed by atoms with E-state index in [1.54, 1.807) is 6.07 Å². The minimum Gasteiger partial charge on any atom is -0.455 e. The van der Waals surface area contributed by atoms with Gasteiger partial charge in [-0.3, -0.25) is 0 Å². The van der Waals surface area contributed by atoms with E-state index in [0.29, 0.717) is 0 Å². The molecule has 3 nitrogen and oxygen atoms in total. The van der Waals surface area contributed by atoms with Crippen molar-refractivity contribution in [1.82, 2.24) is 0 Å². The van der Waals surface area contributed by atoms with Crippen LogP contribution in [0.4, 0.5) is 32.8 Å². The van der Waals surface area contributed by atoms with Gasteiger partial charge in [0, 0.05) is 33.7 Å². The third-order valence-electron chi connectivity index (χ3n) is 17.2. The van der Waals surface area contributed by atoms with Crippen LogP contribution in [0.15, 0.2) is 241 Å². The Morgan fingerprint density at radius 3 is 1.89 bits per heavy atom. The van der Waals surface area contributed by atoms with Crippen molar-refractivity contribution < 1.29 is 8.81 Å². The monoisotopic (exact) mass is 1030 g/mol. The number of rotatable bonds is 8. The van der Waals surface area contributed by atoms with E-state index in [2.05, 4.69) is 264 Å². The molecule has 4 aliphatic rings. The number of anilines is 5. The van der Waals surface area contributed by atoms with E-state index in [-0.39, 0.29) is 22.7 Å². The standard InChI is InChI=1S/C75H63FN2O/c1-73(2,3)52-29-38-56(39-30-52)77(55-34-25-50(26-35-55)48-17-9-7-10-18-48)59-42-44-62-66(46-59)75(64-23-15-13-21-60(64)61-43-33-54(76)45-65(61)75)67-47-68(71-63-22-14-16-24-69(63)79-72(71)70(62)67)78(58-40-31-53(32-41-58)74(4,5)6)57-36-27-51(28-37-57)49-19-11-8-12-20-49/h8-9,11-40,42-47,58H,7,10,41H2,1-6H3. The van der Waals surface area contributed by atoms with Gasteiger partial charge in [0.05, 0.1) is 22.5 Å². The van der Waals surface area contributed by atoms with Crippen molar-refractivity contribution >= 4 is 55.9 Å². The van der Waals surface area contributed by atoms with Crippen molar-refractivity contribution in [3.8, 4) is 33.4 Å². The van der Waals surface area contributed by atoms with Crippen LogP contribution in [0, 0.1) is 11.2 Å². The lowest BCUT2D eigenvalue weighted by Gasteiger charge is -2.37. The lowest BCUT2D eigenvalue weighted by Crippen LogP contribution is -2.32. The van der Waals surface area contributed by atoms with Crippen LogP contribution < -0.4 is 9.80 Å². The lowest BCUT2D eigenvalue weighted by atomic mass is 9.70. The molecule has 4 aliphatic carbocycles. The molecule has 1 spiro atoms. The van der Waals surface area contributed by atoms with Gasteiger partial charge in [-0.15, -0.1) is 0 Å². The Balaban J connectivity index is 1.05. The Kier molecular flexibility index (Phi) is 11.4. The molecule has 4 heteroatoms. The van der Waals surface area contributed by atoms with Crippen LogP contribution in [0.1, 0.15) is 94.2 Å². The van der Waals surface area contributed by atoms with Gasteiger partial charge in [-0.05, 0) is 175 Å². The largest absolute Gasteiger partial charge is 0.455 e. The maximum atomic E-state index is 16.6. The summed E-state index contributed by atoms with van der Waals surface area (Å²) in [6, 6.07) is 69.9. The minimum absolute atomic E-state index is 0.0000247. The van der Waals surface area contributed by atoms with Gasteiger partial charge in [-0.2, -0.15) is 0 Å². The summed E-state index contributed by atoms with van der Waals surface area (Å²) in [6.45, 7) is 13.7. The van der Waals surface area contributed by atoms with E-state index in [0.717, 1.165) is 120 Å². The van der Waals surface area contributed by atoms with Crippen molar-refractivity contribution in [3.05, 3.63) is 275 Å². The van der Waals surface area contributed by atoms with Gasteiger partial charge in [0.15, 0.2) is 0 Å². The fourth-order valence-electron chi connectivity index (χ4n) is 13.3. The molecule has 0 radical (unpaired) electrons. The molecule has 10 aromatic rings. The Morgan fingerprint density at radius 1 is 0.519 bits per heavy atom. The van der Waals surface area contributed by atoms with Crippen molar-refractivity contribution in [3.63, 3.8) is 0 Å². The van der Waals surface area contributed by atoms with E-state index in [1.807, 2.05) is 12.1 Å². The number of nitrogens with zero attached hydrogens (tertiary/aromatic N) is 2. The molecule has 0 fully saturated rings. The number of hydrogen-bond acceptors (Lipinski definition) is 3. The van der Waals surface area contributed by atoms with Crippen LogP contribution in [0.3, 0.4) is 0 Å². The molecule has 0 aliphatic heterocycles. The summed E-state index contributed by atoms with van der Waals surface area (Å²) < 4.78 is 24.0. The fourth-order valence-corrected chi connectivity index (χ4v) is 13.3. The first-order chi connectivity index (χ1) is 38.3. The molecule has 0 saturated heterocycles. The zero-order valence-electron chi connectivity index (χ0n) is 45.8. The van der Waals surface area contributed by atoms with Gasteiger partial charge in [-0.25, -0.2) is 4.39 Å². The van der Waals surface area contributed by atoms with Crippen LogP contribution in [0.2, 0.25) is 0 Å². The van der Waals surface area contributed by atoms with Crippen LogP contribution in [-0.4, -0.2) is 6.04 Å². The third kappa shape index (κ3) is 7.89. The van der Waals surface area contributed by atoms with Crippen molar-refractivity contribution in [2.45, 2.75) is 77.7 Å². The first-order valence-corrected chi connectivity index (χ1v) is 28.1. The van der Waals surface area contributed by atoms with E-state index >= 15 is 4.39 Å². The van der Waals surface area contributed by atoms with Gasteiger partial charge in [-0.1, -0.05) is 199 Å². The molecule has 14 rings (SSSR count). The summed E-state index contributed by atoms with van der Waals surface area (Å²) in [5, 5.41) is 2.11. The van der Waals surface area contributed by atoms with E-state index < -0.39 is 5.41 Å². The number of halogens is 1. The number of allylic oxidation sites excluding steroid dienone is 6. The molecule has 79 heavy (non-hydrogen) atoms. The van der Waals surface area contributed by atoms with Gasteiger partial charge >= 0.3 is 0 Å². The predicted molar refractivity (Wildman–Crippen MR) is 329 cm³/mol. The van der Waals surface area contributed by atoms with Crippen molar-refractivity contribution in [2.75, 3.05) is 9.80 Å². The number of para-hydroxylation sites is 1. The van der Waals surface area contributed by atoms with Crippen LogP contribution in [0.25, 0.3) is 60.9 Å². The summed E-state index contributed by atoms with van der Waals surface area (Å²) in [5.74, 6) is -0.264. The highest BCUT2D eigenvalue weighted by molar-refractivity contribution is 6.19. The molecule has 386 valence electrons. The highest BCUT2D eigenvalue weighted by Crippen LogP contribution is 2.66. The number of benzene rings is 9. The lowest BCUT2D eigenvalue weighted by molar-refractivity contribution is 0.510. The Hall–Kier alpha value is -8.73. The summed E-state index contributed by atoms with van der Waals surface area (Å²) in [7, 11) is 0. The number of fused-ring (bicyclic) bond motifs is 14. The molecule has 2 atom stereocenters. The normalized spacial score (nSPS) is 17.1. The predicted octanol–water partition coefficient (Wildman–Crippen LogP) is 20.7. The molecule has 1 heterocycles. The van der Waals surface area contributed by atoms with Gasteiger partial charge in [0.1, 0.15) is 17.0 Å². The average Bonchev–Trinajstić information content (AvgIpc) is 3.18. The van der Waals surface area contributed by atoms with Crippen LogP contribution >= 0.6 is 0 Å². The third-order valence-corrected chi connectivity index (χ3v) is 17.2. The SMILES string of the molecule is CC(C)(C)C1=CCC(N(c2ccc(-c3ccccc3)cc2)c2cc3c(c4oc5ccccc5c24)-c2ccc(N(c4ccc(C5=CCCC=C5)cc4)c4ccc(C(C)(C)C)cc4)cc2C32c3ccccc3-c3ccc(F)cc32)C=C1. The maximum Gasteiger partial charge on any atom is 0.145 e. The van der Waals surface area contributed by atoms with Crippen molar-refractivity contribution in [1.29, 1.82) is 0 Å². The average molecular weight is 1030 g/mol. The zero-order valence-corrected chi connectivity index (χ0v) is 45.8. The number of furan rings is 1. The molecule has 0 N–H and O–H groups in total. The first kappa shape index (κ1) is 48.6. The van der Waals surface area contributed by atoms with E-state index in [1.165, 1.54) is 27.8 Å². The maximum absolute atomic E-state index is 16.6. The van der Waals surface area contributed by atoms with Gasteiger partial charge < -0.3 is 14.2 Å². The molecular weight excluding hydrogens is 964 g/mol. The molecular formula is C75H63FN2O. The van der Waals surface area contributed by atoms with Gasteiger partial charge in [0.25, 0.3) is 0 Å². The molecule has 2 unspecified atom stereocenters. The second kappa shape index (κ2) is 18.5. The van der Waals surface area contributed by atoms with E-state index in [4.69, 9.17) is 4.42 Å². The number of hydrogen-bond donors (Lipinski definition) is 0. The summed E-state index contributed by atoms with van der Waals surface area (Å²) in [5.41, 5.74) is 21.8. The Labute approximate surface area is 464 Å². The summed E-state index contributed by atoms with van der Waals surface area (Å²) in [6.07, 6.45) is 17.0. The van der Waals surface area contributed by atoms with Gasteiger partial charge in [0.2, 0.25) is 0 Å². The minimum atomic E-state index is -0.938. The molecule has 0 saturated carbocycles. The van der Waals surface area contributed by atoms with Crippen LogP contribution in [0.5, 0.6) is 0 Å². The zero-order chi connectivity index (χ0) is 53.8. The topological polar surface area (TPSA) is 19.6 Å². The van der Waals surface area contributed by atoms with Crippen LogP contribution in [-0.2, 0) is 10.8 Å². The second-order valence-corrected chi connectivity index (χ2v) is 24.0. The highest BCUT2D eigenvalue weighted by Gasteiger charge is 2.54. The molecule has 1 aromatic heterocycles. The quantitative estimate of drug-likeness (QED) is 0.151. The highest BCUT2D eigenvalue weighted by atomic mass is 19.1. The molecule has 0 bridgehead atoms. The van der Waals surface area contributed by atoms with Crippen molar-refractivity contribution in [2.24, 2.45) is 5.41 Å². The molecule has 0 amide bonds. The first-order valence-electron chi connectivity index (χ1n) is 28.1. The second-order valence-electron chi connectivity index (χ2n) is 24.0. The summed E-state index contributed by atoms with van der Waals surface area (Å²) >= 11 is 0. The fraction of sp³-hybridized carbons (Fsp3) is 0.173. The Morgan fingerprint density at radius 2 is 1.16 bits per heavy atom. The molecule has 9 aromatic carbocycles. The van der Waals surface area contributed by atoms with E-state index in [9.17, 15) is 0 Å².